The fourth-order valence-corrected chi connectivity index (χ4v) is 1.01. The molecular formula is C6H8OS2. The van der Waals surface area contributed by atoms with Crippen molar-refractivity contribution in [3.8, 4) is 12.3 Å². The summed E-state index contributed by atoms with van der Waals surface area (Å²) >= 11 is 6.21. The molecule has 0 aliphatic heterocycles. The second-order valence-electron chi connectivity index (χ2n) is 1.26. The van der Waals surface area contributed by atoms with Gasteiger partial charge in [-0.05, 0) is 12.2 Å². The molecule has 0 rings (SSSR count). The maximum Gasteiger partial charge on any atom is 0.219 e. The van der Waals surface area contributed by atoms with E-state index in [0.717, 1.165) is 12.2 Å². The Balaban J connectivity index is 3.09. The molecule has 0 saturated carbocycles. The third-order valence-corrected chi connectivity index (χ3v) is 1.96. The van der Waals surface area contributed by atoms with E-state index in [1.54, 1.807) is 7.11 Å². The number of thiocarbonyl (C=S) groups is 1. The molecule has 0 aliphatic carbocycles. The molecule has 0 radical (unpaired) electrons. The summed E-state index contributed by atoms with van der Waals surface area (Å²) in [6, 6.07) is 0. The van der Waals surface area contributed by atoms with Crippen LogP contribution in [0.2, 0.25) is 0 Å². The predicted molar refractivity (Wildman–Crippen MR) is 45.5 cm³/mol. The van der Waals surface area contributed by atoms with Crippen molar-refractivity contribution in [3.63, 3.8) is 0 Å². The maximum absolute atomic E-state index is 5.01. The molecule has 0 amide bonds. The zero-order valence-corrected chi connectivity index (χ0v) is 6.85. The lowest BCUT2D eigenvalue weighted by atomic mass is 10.5. The topological polar surface area (TPSA) is 9.23 Å². The molecule has 0 atom stereocenters. The third kappa shape index (κ3) is 5.67. The van der Waals surface area contributed by atoms with Crippen LogP contribution in [0.1, 0.15) is 6.42 Å². The summed E-state index contributed by atoms with van der Waals surface area (Å²) in [6.45, 7) is 0. The van der Waals surface area contributed by atoms with E-state index in [2.05, 4.69) is 5.92 Å². The average molecular weight is 160 g/mol. The largest absolute Gasteiger partial charge is 0.482 e. The van der Waals surface area contributed by atoms with Crippen molar-refractivity contribution < 1.29 is 4.74 Å². The van der Waals surface area contributed by atoms with Gasteiger partial charge < -0.3 is 4.74 Å². The molecule has 50 valence electrons. The first-order valence-electron chi connectivity index (χ1n) is 2.45. The van der Waals surface area contributed by atoms with Gasteiger partial charge >= 0.3 is 0 Å². The van der Waals surface area contributed by atoms with Crippen LogP contribution in [0.3, 0.4) is 0 Å². The van der Waals surface area contributed by atoms with E-state index < -0.39 is 0 Å². The molecule has 0 bridgehead atoms. The van der Waals surface area contributed by atoms with Crippen LogP contribution in [0.5, 0.6) is 0 Å². The van der Waals surface area contributed by atoms with Crippen LogP contribution in [0.15, 0.2) is 0 Å². The Bertz CT molecular complexity index is 126. The lowest BCUT2D eigenvalue weighted by molar-refractivity contribution is 0.426. The van der Waals surface area contributed by atoms with Gasteiger partial charge in [-0.15, -0.1) is 12.3 Å². The van der Waals surface area contributed by atoms with Gasteiger partial charge in [0, 0.05) is 12.2 Å². The Morgan fingerprint density at radius 2 is 2.56 bits per heavy atom. The Labute approximate surface area is 65.2 Å². The van der Waals surface area contributed by atoms with Gasteiger partial charge in [-0.1, -0.05) is 11.8 Å². The highest BCUT2D eigenvalue weighted by Gasteiger charge is 1.91. The van der Waals surface area contributed by atoms with Crippen LogP contribution in [0.25, 0.3) is 0 Å². The fourth-order valence-electron chi connectivity index (χ4n) is 0.252. The lowest BCUT2D eigenvalue weighted by Crippen LogP contribution is -1.91. The Morgan fingerprint density at radius 1 is 1.89 bits per heavy atom. The Hall–Kier alpha value is -0.200. The van der Waals surface area contributed by atoms with Crippen molar-refractivity contribution in [2.24, 2.45) is 0 Å². The molecule has 0 aromatic heterocycles. The van der Waals surface area contributed by atoms with E-state index >= 15 is 0 Å². The molecule has 0 spiro atoms. The van der Waals surface area contributed by atoms with Gasteiger partial charge in [0.25, 0.3) is 0 Å². The second kappa shape index (κ2) is 5.93. The molecule has 9 heavy (non-hydrogen) atoms. The monoisotopic (exact) mass is 160 g/mol. The number of methoxy groups -OCH3 is 1. The minimum absolute atomic E-state index is 0.560. The highest BCUT2D eigenvalue weighted by atomic mass is 32.2. The van der Waals surface area contributed by atoms with Crippen molar-refractivity contribution in [3.05, 3.63) is 0 Å². The van der Waals surface area contributed by atoms with Crippen molar-refractivity contribution in [2.75, 3.05) is 12.9 Å². The van der Waals surface area contributed by atoms with Gasteiger partial charge in [-0.3, -0.25) is 0 Å². The van der Waals surface area contributed by atoms with Crippen LogP contribution in [-0.4, -0.2) is 17.2 Å². The van der Waals surface area contributed by atoms with Gasteiger partial charge in [0.1, 0.15) is 0 Å². The van der Waals surface area contributed by atoms with Crippen LogP contribution in [0, 0.1) is 12.3 Å². The first-order chi connectivity index (χ1) is 4.31. The lowest BCUT2D eigenvalue weighted by Gasteiger charge is -1.96. The number of ether oxygens (including phenoxy) is 1. The third-order valence-electron chi connectivity index (χ3n) is 0.633. The summed E-state index contributed by atoms with van der Waals surface area (Å²) in [4.78, 5) is 0. The maximum atomic E-state index is 5.01. The van der Waals surface area contributed by atoms with E-state index in [-0.39, 0.29) is 0 Å². The molecular weight excluding hydrogens is 152 g/mol. The van der Waals surface area contributed by atoms with E-state index in [0.29, 0.717) is 4.38 Å². The molecule has 1 nitrogen and oxygen atoms in total. The first-order valence-corrected chi connectivity index (χ1v) is 3.85. The van der Waals surface area contributed by atoms with Crippen molar-refractivity contribution in [2.45, 2.75) is 6.42 Å². The summed E-state index contributed by atoms with van der Waals surface area (Å²) in [5, 5.41) is 0. The van der Waals surface area contributed by atoms with Crippen LogP contribution in [-0.2, 0) is 4.74 Å². The summed E-state index contributed by atoms with van der Waals surface area (Å²) in [5.41, 5.74) is 0. The highest BCUT2D eigenvalue weighted by molar-refractivity contribution is 8.22. The van der Waals surface area contributed by atoms with Gasteiger partial charge in [0.15, 0.2) is 0 Å². The zero-order valence-electron chi connectivity index (χ0n) is 5.22. The van der Waals surface area contributed by atoms with E-state index in [4.69, 9.17) is 23.4 Å². The normalized spacial score (nSPS) is 8.00. The number of terminal acetylenes is 1. The van der Waals surface area contributed by atoms with Crippen LogP contribution < -0.4 is 0 Å². The second-order valence-corrected chi connectivity index (χ2v) is 2.95. The van der Waals surface area contributed by atoms with Gasteiger partial charge in [-0.25, -0.2) is 0 Å². The van der Waals surface area contributed by atoms with Gasteiger partial charge in [0.05, 0.1) is 7.11 Å². The Kier molecular flexibility index (Phi) is 5.80. The molecule has 0 N–H and O–H groups in total. The molecule has 0 aromatic carbocycles. The Morgan fingerprint density at radius 3 is 3.00 bits per heavy atom. The molecule has 0 saturated heterocycles. The minimum atomic E-state index is 0.560. The summed E-state index contributed by atoms with van der Waals surface area (Å²) in [6.07, 6.45) is 5.75. The van der Waals surface area contributed by atoms with Crippen molar-refractivity contribution in [1.82, 2.24) is 0 Å². The summed E-state index contributed by atoms with van der Waals surface area (Å²) in [5.74, 6) is 3.36. The molecule has 0 aromatic rings. The van der Waals surface area contributed by atoms with E-state index in [1.807, 2.05) is 0 Å². The van der Waals surface area contributed by atoms with Crippen LogP contribution in [0.4, 0.5) is 0 Å². The smallest absolute Gasteiger partial charge is 0.219 e. The molecule has 0 unspecified atom stereocenters. The standard InChI is InChI=1S/C6H8OS2/c1-3-4-5-9-6(8)7-2/h1H,4-5H2,2H3. The van der Waals surface area contributed by atoms with E-state index in [1.165, 1.54) is 11.8 Å². The molecule has 3 heteroatoms. The number of thioether (sulfide) groups is 1. The number of hydrogen-bond donors (Lipinski definition) is 0. The SMILES string of the molecule is C#CCCSC(=S)OC. The minimum Gasteiger partial charge on any atom is -0.482 e. The molecule has 0 heterocycles. The number of hydrogen-bond acceptors (Lipinski definition) is 3. The molecule has 0 fully saturated rings. The average Bonchev–Trinajstić information content (AvgIpc) is 1.89. The van der Waals surface area contributed by atoms with Crippen LogP contribution >= 0.6 is 24.0 Å². The van der Waals surface area contributed by atoms with Crippen molar-refractivity contribution in [1.29, 1.82) is 0 Å². The van der Waals surface area contributed by atoms with Crippen molar-refractivity contribution >= 4 is 28.4 Å². The predicted octanol–water partition coefficient (Wildman–Crippen LogP) is 1.67. The number of rotatable bonds is 2. The summed E-state index contributed by atoms with van der Waals surface area (Å²) in [7, 11) is 1.56. The quantitative estimate of drug-likeness (QED) is 0.345. The highest BCUT2D eigenvalue weighted by Crippen LogP contribution is 2.05. The van der Waals surface area contributed by atoms with E-state index in [9.17, 15) is 0 Å². The first kappa shape index (κ1) is 8.80. The fraction of sp³-hybridized carbons (Fsp3) is 0.500. The van der Waals surface area contributed by atoms with Gasteiger partial charge in [0.2, 0.25) is 4.38 Å². The zero-order chi connectivity index (χ0) is 7.11. The molecule has 0 aliphatic rings. The van der Waals surface area contributed by atoms with Gasteiger partial charge in [-0.2, -0.15) is 0 Å². The summed E-state index contributed by atoms with van der Waals surface area (Å²) < 4.78 is 5.28.